The van der Waals surface area contributed by atoms with Crippen molar-refractivity contribution in [1.82, 2.24) is 0 Å². The molecule has 10 heteroatoms. The van der Waals surface area contributed by atoms with Crippen molar-refractivity contribution < 1.29 is 0 Å². The van der Waals surface area contributed by atoms with Gasteiger partial charge in [0, 0.05) is 0 Å². The molecule has 4 unspecified atom stereocenters. The van der Waals surface area contributed by atoms with Gasteiger partial charge < -0.3 is 0 Å². The Balaban J connectivity index is 1.62. The van der Waals surface area contributed by atoms with Gasteiger partial charge in [-0.1, -0.05) is 0 Å². The maximum absolute atomic E-state index is 3.01. The Hall–Kier alpha value is 3.97. The van der Waals surface area contributed by atoms with Crippen molar-refractivity contribution in [3.8, 4) is 0 Å². The van der Waals surface area contributed by atoms with Gasteiger partial charge in [-0.15, -0.1) is 0 Å². The van der Waals surface area contributed by atoms with Gasteiger partial charge in [0.25, 0.3) is 0 Å². The molecular weight excluding hydrogens is 591 g/mol. The first-order valence-electron chi connectivity index (χ1n) is 9.08. The van der Waals surface area contributed by atoms with Gasteiger partial charge in [0.2, 0.25) is 0 Å². The van der Waals surface area contributed by atoms with Gasteiger partial charge in [-0.25, -0.2) is 0 Å². The van der Waals surface area contributed by atoms with Crippen LogP contribution in [0, 0.1) is 0 Å². The molecule has 0 aromatic heterocycles. The minimum absolute atomic E-state index is 0.916. The average molecular weight is 618 g/mol. The summed E-state index contributed by atoms with van der Waals surface area (Å²) in [6.45, 7) is 2.40. The summed E-state index contributed by atoms with van der Waals surface area (Å²) < 4.78 is 3.66. The quantitative estimate of drug-likeness (QED) is 0.211. The van der Waals surface area contributed by atoms with E-state index in [2.05, 4.69) is 98.2 Å². The van der Waals surface area contributed by atoms with Gasteiger partial charge >= 0.3 is 188 Å². The van der Waals surface area contributed by atoms with Gasteiger partial charge in [0.15, 0.2) is 0 Å². The first-order valence-corrected chi connectivity index (χ1v) is 33.2. The summed E-state index contributed by atoms with van der Waals surface area (Å²) in [5, 5.41) is 0. The maximum atomic E-state index is 2.58. The predicted octanol–water partition coefficient (Wildman–Crippen LogP) is 7.80. The molecule has 0 aromatic carbocycles. The molecule has 0 amide bonds. The van der Waals surface area contributed by atoms with Crippen LogP contribution in [0.5, 0.6) is 0 Å². The van der Waals surface area contributed by atoms with Crippen LogP contribution in [0.4, 0.5) is 0 Å². The fraction of sp³-hybridized carbons (Fsp3) is 1.00. The van der Waals surface area contributed by atoms with E-state index in [1.54, 1.807) is 0 Å². The van der Waals surface area contributed by atoms with Crippen LogP contribution in [-0.4, -0.2) is 57.5 Å². The van der Waals surface area contributed by atoms with E-state index in [9.17, 15) is 0 Å². The standard InChI is InChI=1S/4C3H6S2.C3H8S.Sb/c4*4-3-1-2-5-3;1-2-3-4;/h4*3-4H,1-2H2;4H,2-3H2,1H3;/q;;;;;+5/p-5. The molecule has 4 aliphatic rings. The normalized spacial score (nSPS) is 36.3. The van der Waals surface area contributed by atoms with E-state index >= 15 is 0 Å². The molecule has 0 N–H and O–H groups in total. The van der Waals surface area contributed by atoms with Crippen molar-refractivity contribution in [3.63, 3.8) is 0 Å². The third kappa shape index (κ3) is 5.61. The summed E-state index contributed by atoms with van der Waals surface area (Å²) in [6.07, 6.45) is 7.23. The molecule has 4 heterocycles. The van der Waals surface area contributed by atoms with Crippen LogP contribution in [-0.2, 0) is 0 Å². The summed E-state index contributed by atoms with van der Waals surface area (Å²) in [5.41, 5.74) is 0. The average Bonchev–Trinajstić information content (AvgIpc) is 2.46. The topological polar surface area (TPSA) is 0 Å². The Morgan fingerprint density at radius 3 is 1.20 bits per heavy atom. The molecule has 4 rings (SSSR count). The number of rotatable bonds is 11. The van der Waals surface area contributed by atoms with Gasteiger partial charge in [-0.3, -0.25) is 0 Å². The zero-order valence-electron chi connectivity index (χ0n) is 14.5. The Labute approximate surface area is 185 Å². The van der Waals surface area contributed by atoms with Gasteiger partial charge in [-0.2, -0.15) is 0 Å². The third-order valence-electron chi connectivity index (χ3n) is 4.29. The molecule has 0 radical (unpaired) electrons. The first-order chi connectivity index (χ1) is 12.2. The number of thioether (sulfide) groups is 4. The van der Waals surface area contributed by atoms with Crippen LogP contribution >= 0.6 is 91.3 Å². The minimum atomic E-state index is -3.01. The third-order valence-corrected chi connectivity index (χ3v) is 82.7. The molecule has 4 aliphatic heterocycles. The SMILES string of the molecule is CCC[S][Sb]([S]C1CCS1)([S]C1CCS1)([S]C1CCS1)[S]C1CCS1. The zero-order valence-corrected chi connectivity index (χ0v) is 24.4. The van der Waals surface area contributed by atoms with Crippen molar-refractivity contribution in [2.75, 3.05) is 28.8 Å². The zero-order chi connectivity index (χ0) is 17.2. The summed E-state index contributed by atoms with van der Waals surface area (Å²) in [4.78, 5) is 0. The van der Waals surface area contributed by atoms with Crippen LogP contribution in [0.2, 0.25) is 0 Å². The molecule has 4 saturated heterocycles. The van der Waals surface area contributed by atoms with E-state index in [1.807, 2.05) is 0 Å². The molecule has 0 aromatic rings. The fourth-order valence-corrected chi connectivity index (χ4v) is 124. The second-order valence-corrected chi connectivity index (χ2v) is 70.3. The van der Waals surface area contributed by atoms with E-state index in [1.165, 1.54) is 60.9 Å². The van der Waals surface area contributed by atoms with Crippen LogP contribution in [0.15, 0.2) is 0 Å². The second-order valence-electron chi connectivity index (χ2n) is 6.36. The first kappa shape index (κ1) is 22.2. The van der Waals surface area contributed by atoms with Crippen LogP contribution in [0.1, 0.15) is 39.0 Å². The molecule has 0 bridgehead atoms. The summed E-state index contributed by atoms with van der Waals surface area (Å²) in [6, 6.07) is 0. The van der Waals surface area contributed by atoms with Crippen LogP contribution in [0.25, 0.3) is 0 Å². The van der Waals surface area contributed by atoms with Gasteiger partial charge in [0.05, 0.1) is 0 Å². The summed E-state index contributed by atoms with van der Waals surface area (Å²) >= 11 is 9.05. The predicted molar refractivity (Wildman–Crippen MR) is 142 cm³/mol. The van der Waals surface area contributed by atoms with Crippen molar-refractivity contribution in [1.29, 1.82) is 0 Å². The molecule has 25 heavy (non-hydrogen) atoms. The Morgan fingerprint density at radius 1 is 0.680 bits per heavy atom. The van der Waals surface area contributed by atoms with Gasteiger partial charge in [0.1, 0.15) is 0 Å². The summed E-state index contributed by atoms with van der Waals surface area (Å²) in [5.74, 6) is 7.04. The molecule has 4 fully saturated rings. The van der Waals surface area contributed by atoms with Crippen molar-refractivity contribution >= 4 is 102 Å². The Kier molecular flexibility index (Phi) is 8.92. The Bertz CT molecular complexity index is 373. The van der Waals surface area contributed by atoms with E-state index in [4.69, 9.17) is 0 Å². The van der Waals surface area contributed by atoms with Crippen molar-refractivity contribution in [3.05, 3.63) is 0 Å². The molecular formula is C15H27S9Sb. The van der Waals surface area contributed by atoms with Crippen LogP contribution in [0.3, 0.4) is 0 Å². The van der Waals surface area contributed by atoms with Crippen molar-refractivity contribution in [2.24, 2.45) is 0 Å². The summed E-state index contributed by atoms with van der Waals surface area (Å²) in [7, 11) is 9.82. The van der Waals surface area contributed by atoms with Crippen molar-refractivity contribution in [2.45, 2.75) is 57.4 Å². The van der Waals surface area contributed by atoms with Gasteiger partial charge in [-0.05, 0) is 0 Å². The van der Waals surface area contributed by atoms with E-state index in [-0.39, 0.29) is 0 Å². The van der Waals surface area contributed by atoms with E-state index < -0.39 is 10.4 Å². The molecule has 4 atom stereocenters. The monoisotopic (exact) mass is 616 g/mol. The second kappa shape index (κ2) is 10.1. The molecule has 0 spiro atoms. The number of hydrogen-bond acceptors (Lipinski definition) is 9. The van der Waals surface area contributed by atoms with Crippen LogP contribution < -0.4 is 0 Å². The molecule has 0 aliphatic carbocycles. The molecule has 0 nitrogen and oxygen atoms in total. The van der Waals surface area contributed by atoms with E-state index in [0.29, 0.717) is 0 Å². The van der Waals surface area contributed by atoms with E-state index in [0.717, 1.165) is 18.3 Å². The molecule has 146 valence electrons. The Morgan fingerprint density at radius 2 is 1.00 bits per heavy atom. The fourth-order valence-electron chi connectivity index (χ4n) is 2.47. The molecule has 0 saturated carbocycles. The number of hydrogen-bond donors (Lipinski definition) is 0.